The smallest absolute Gasteiger partial charge is 0.310 e. The summed E-state index contributed by atoms with van der Waals surface area (Å²) in [5.74, 6) is -0.360. The van der Waals surface area contributed by atoms with Crippen molar-refractivity contribution < 1.29 is 30.3 Å². The fourth-order valence-electron chi connectivity index (χ4n) is 10.8. The fraction of sp³-hybridized carbons (Fsp3) is 0.900. The number of rotatable bonds is 3. The lowest BCUT2D eigenvalue weighted by Gasteiger charge is -2.71. The van der Waals surface area contributed by atoms with Gasteiger partial charge in [-0.3, -0.25) is 4.79 Å². The Morgan fingerprint density at radius 1 is 0.917 bits per heavy atom. The van der Waals surface area contributed by atoms with Crippen molar-refractivity contribution in [1.82, 2.24) is 0 Å². The molecule has 0 aromatic carbocycles. The summed E-state index contributed by atoms with van der Waals surface area (Å²) in [7, 11) is 0. The Morgan fingerprint density at radius 2 is 1.58 bits per heavy atom. The summed E-state index contributed by atoms with van der Waals surface area (Å²) in [6.45, 7) is 11.0. The van der Waals surface area contributed by atoms with Gasteiger partial charge in [0.05, 0.1) is 24.2 Å². The first-order valence-corrected chi connectivity index (χ1v) is 14.2. The highest BCUT2D eigenvalue weighted by atomic mass is 16.4. The lowest BCUT2D eigenvalue weighted by Crippen LogP contribution is -2.68. The third kappa shape index (κ3) is 3.08. The fourth-order valence-corrected chi connectivity index (χ4v) is 10.8. The highest BCUT2D eigenvalue weighted by molar-refractivity contribution is 5.76. The lowest BCUT2D eigenvalue weighted by molar-refractivity contribution is -0.243. The van der Waals surface area contributed by atoms with E-state index >= 15 is 0 Å². The van der Waals surface area contributed by atoms with E-state index in [2.05, 4.69) is 33.8 Å². The molecule has 5 rings (SSSR count). The van der Waals surface area contributed by atoms with Gasteiger partial charge < -0.3 is 25.5 Å². The van der Waals surface area contributed by atoms with Crippen LogP contribution in [-0.2, 0) is 4.79 Å². The van der Waals surface area contributed by atoms with E-state index in [-0.39, 0.29) is 52.6 Å². The largest absolute Gasteiger partial charge is 0.481 e. The van der Waals surface area contributed by atoms with E-state index in [4.69, 9.17) is 0 Å². The molecule has 0 radical (unpaired) electrons. The van der Waals surface area contributed by atoms with Gasteiger partial charge in [-0.15, -0.1) is 0 Å². The highest BCUT2D eigenvalue weighted by Crippen LogP contribution is 2.75. The maximum atomic E-state index is 12.8. The van der Waals surface area contributed by atoms with Crippen LogP contribution in [0.5, 0.6) is 0 Å². The van der Waals surface area contributed by atoms with Crippen LogP contribution in [0.15, 0.2) is 11.6 Å². The quantitative estimate of drug-likeness (QED) is 0.369. The zero-order valence-electron chi connectivity index (χ0n) is 22.9. The van der Waals surface area contributed by atoms with Crippen LogP contribution in [0, 0.1) is 50.2 Å². The molecule has 0 bridgehead atoms. The van der Waals surface area contributed by atoms with Gasteiger partial charge in [0.1, 0.15) is 0 Å². The topological polar surface area (TPSA) is 118 Å². The molecule has 4 fully saturated rings. The molecule has 36 heavy (non-hydrogen) atoms. The molecule has 11 atom stereocenters. The van der Waals surface area contributed by atoms with Gasteiger partial charge in [0, 0.05) is 12.0 Å². The van der Waals surface area contributed by atoms with Crippen molar-refractivity contribution in [2.45, 2.75) is 105 Å². The number of aliphatic hydroxyl groups is 4. The molecule has 6 heteroatoms. The van der Waals surface area contributed by atoms with Crippen molar-refractivity contribution in [3.63, 3.8) is 0 Å². The van der Waals surface area contributed by atoms with Crippen LogP contribution in [0.2, 0.25) is 0 Å². The molecule has 5 aliphatic rings. The predicted octanol–water partition coefficient (Wildman–Crippen LogP) is 4.15. The van der Waals surface area contributed by atoms with Crippen LogP contribution in [0.4, 0.5) is 0 Å². The molecular formula is C30H48O6. The molecule has 0 aromatic rings. The molecule has 0 unspecified atom stereocenters. The van der Waals surface area contributed by atoms with Crippen LogP contribution >= 0.6 is 0 Å². The van der Waals surface area contributed by atoms with E-state index in [1.54, 1.807) is 0 Å². The first-order chi connectivity index (χ1) is 16.7. The number of carboxylic acid groups (broad SMARTS) is 1. The van der Waals surface area contributed by atoms with E-state index < -0.39 is 29.0 Å². The van der Waals surface area contributed by atoms with Gasteiger partial charge in [0.25, 0.3) is 0 Å². The van der Waals surface area contributed by atoms with E-state index in [0.717, 1.165) is 32.1 Å². The Kier molecular flexibility index (Phi) is 5.95. The average Bonchev–Trinajstić information content (AvgIpc) is 2.83. The zero-order valence-corrected chi connectivity index (χ0v) is 22.9. The Labute approximate surface area is 216 Å². The lowest BCUT2D eigenvalue weighted by atomic mass is 9.33. The Morgan fingerprint density at radius 3 is 2.19 bits per heavy atom. The molecule has 0 spiro atoms. The second-order valence-electron chi connectivity index (χ2n) is 14.9. The summed E-state index contributed by atoms with van der Waals surface area (Å²) in [6.07, 6.45) is 7.37. The first-order valence-electron chi connectivity index (χ1n) is 14.2. The minimum atomic E-state index is -0.931. The monoisotopic (exact) mass is 504 g/mol. The number of fused-ring (bicyclic) bond motifs is 7. The number of hydrogen-bond donors (Lipinski definition) is 5. The second-order valence-corrected chi connectivity index (χ2v) is 14.9. The molecule has 0 heterocycles. The third-order valence-electron chi connectivity index (χ3n) is 13.4. The molecule has 5 aliphatic carbocycles. The van der Waals surface area contributed by atoms with Gasteiger partial charge in [-0.1, -0.05) is 46.3 Å². The molecule has 6 nitrogen and oxygen atoms in total. The van der Waals surface area contributed by atoms with Gasteiger partial charge in [0.2, 0.25) is 0 Å². The van der Waals surface area contributed by atoms with Crippen molar-refractivity contribution in [1.29, 1.82) is 0 Å². The number of carbonyl (C=O) groups is 1. The maximum absolute atomic E-state index is 12.8. The van der Waals surface area contributed by atoms with Gasteiger partial charge in [-0.25, -0.2) is 0 Å². The Balaban J connectivity index is 1.61. The van der Waals surface area contributed by atoms with E-state index in [9.17, 15) is 30.3 Å². The average molecular weight is 505 g/mol. The van der Waals surface area contributed by atoms with Gasteiger partial charge >= 0.3 is 5.97 Å². The summed E-state index contributed by atoms with van der Waals surface area (Å²) in [5, 5.41) is 53.1. The van der Waals surface area contributed by atoms with Crippen LogP contribution in [-0.4, -0.2) is 56.9 Å². The van der Waals surface area contributed by atoms with Crippen molar-refractivity contribution >= 4 is 5.97 Å². The summed E-state index contributed by atoms with van der Waals surface area (Å²) in [4.78, 5) is 12.8. The highest BCUT2D eigenvalue weighted by Gasteiger charge is 2.70. The zero-order chi connectivity index (χ0) is 26.5. The Bertz CT molecular complexity index is 963. The van der Waals surface area contributed by atoms with Crippen molar-refractivity contribution in [2.75, 3.05) is 13.2 Å². The third-order valence-corrected chi connectivity index (χ3v) is 13.4. The molecule has 0 aromatic heterocycles. The number of allylic oxidation sites excluding steroid dienone is 2. The molecule has 5 N–H and O–H groups in total. The standard InChI is InChI=1S/C30H48O6/c1-25(16-31)10-12-30(24(35)36)13-11-28(4)18(19(30)14-25)6-7-22-26(2)15-20(33)23(34)27(3,17-32)21(26)8-9-29(22,28)5/h6,19-23,31-34H,7-17H2,1-5H3,(H,35,36)/t19-,20+,21+,22+,23+,25+,26-,27-,28+,29+,30-/m0/s1. The molecular weight excluding hydrogens is 456 g/mol. The van der Waals surface area contributed by atoms with Gasteiger partial charge in [-0.2, -0.15) is 0 Å². The summed E-state index contributed by atoms with van der Waals surface area (Å²) < 4.78 is 0. The molecule has 4 saturated carbocycles. The van der Waals surface area contributed by atoms with Crippen LogP contribution in [0.3, 0.4) is 0 Å². The summed E-state index contributed by atoms with van der Waals surface area (Å²) in [6, 6.07) is 0. The second kappa shape index (κ2) is 8.03. The van der Waals surface area contributed by atoms with Crippen molar-refractivity contribution in [3.05, 3.63) is 11.6 Å². The maximum Gasteiger partial charge on any atom is 0.310 e. The van der Waals surface area contributed by atoms with Gasteiger partial charge in [0.15, 0.2) is 0 Å². The summed E-state index contributed by atoms with van der Waals surface area (Å²) >= 11 is 0. The number of hydrogen-bond acceptors (Lipinski definition) is 5. The van der Waals surface area contributed by atoms with Crippen molar-refractivity contribution in [3.8, 4) is 0 Å². The molecule has 0 amide bonds. The predicted molar refractivity (Wildman–Crippen MR) is 137 cm³/mol. The van der Waals surface area contributed by atoms with Crippen molar-refractivity contribution in [2.24, 2.45) is 50.2 Å². The van der Waals surface area contributed by atoms with Gasteiger partial charge in [-0.05, 0) is 97.2 Å². The van der Waals surface area contributed by atoms with Crippen LogP contribution in [0.1, 0.15) is 92.4 Å². The van der Waals surface area contributed by atoms with E-state index in [1.807, 2.05) is 6.92 Å². The number of aliphatic hydroxyl groups excluding tert-OH is 4. The normalized spacial score (nSPS) is 56.5. The molecule has 0 saturated heterocycles. The molecule has 0 aliphatic heterocycles. The van der Waals surface area contributed by atoms with Crippen LogP contribution < -0.4 is 0 Å². The first kappa shape index (κ1) is 26.6. The Hall–Kier alpha value is -0.950. The van der Waals surface area contributed by atoms with E-state index in [0.29, 0.717) is 25.7 Å². The number of aliphatic carboxylic acids is 1. The van der Waals surface area contributed by atoms with E-state index in [1.165, 1.54) is 5.57 Å². The number of carboxylic acids is 1. The minimum Gasteiger partial charge on any atom is -0.481 e. The van der Waals surface area contributed by atoms with Crippen LogP contribution in [0.25, 0.3) is 0 Å². The summed E-state index contributed by atoms with van der Waals surface area (Å²) in [5.41, 5.74) is -0.896. The molecule has 204 valence electrons. The minimum absolute atomic E-state index is 0.0653. The SMILES string of the molecule is C[C@@]1(CO)CC[C@]2(C(=O)O)CC[C@]3(C)C(=CC[C@@H]4[C@@]5(C)C[C@@H](O)[C@@H](O)[C@@](C)(CO)[C@@H]5CC[C@]43C)[C@@H]2C1.